The minimum Gasteiger partial charge on any atom is -0.495 e. The fraction of sp³-hybridized carbons (Fsp3) is 0.381. The second kappa shape index (κ2) is 7.83. The van der Waals surface area contributed by atoms with Crippen molar-refractivity contribution in [2.75, 3.05) is 21.9 Å². The number of benzene rings is 2. The van der Waals surface area contributed by atoms with E-state index in [9.17, 15) is 21.6 Å². The Kier molecular flexibility index (Phi) is 5.83. The van der Waals surface area contributed by atoms with E-state index in [1.54, 1.807) is 12.1 Å². The summed E-state index contributed by atoms with van der Waals surface area (Å²) in [6.45, 7) is 7.68. The molecule has 168 valence electrons. The highest BCUT2D eigenvalue weighted by Gasteiger charge is 2.42. The van der Waals surface area contributed by atoms with Crippen LogP contribution in [0.25, 0.3) is 0 Å². The lowest BCUT2D eigenvalue weighted by Gasteiger charge is -2.20. The van der Waals surface area contributed by atoms with Gasteiger partial charge in [0, 0.05) is 5.69 Å². The zero-order valence-corrected chi connectivity index (χ0v) is 19.7. The van der Waals surface area contributed by atoms with Gasteiger partial charge < -0.3 is 4.74 Å². The molecule has 3 rings (SSSR count). The molecule has 1 atom stereocenters. The number of nitrogens with zero attached hydrogens (tertiary/aromatic N) is 1. The third-order valence-corrected chi connectivity index (χ3v) is 8.31. The Bertz CT molecular complexity index is 1210. The first kappa shape index (κ1) is 23.1. The molecule has 8 nitrogen and oxygen atoms in total. The van der Waals surface area contributed by atoms with Crippen LogP contribution in [0.2, 0.25) is 0 Å². The minimum atomic E-state index is -4.13. The van der Waals surface area contributed by atoms with E-state index in [0.717, 1.165) is 11.6 Å². The van der Waals surface area contributed by atoms with Gasteiger partial charge in [-0.2, -0.15) is 0 Å². The van der Waals surface area contributed by atoms with Gasteiger partial charge in [-0.25, -0.2) is 21.1 Å². The number of nitrogens with one attached hydrogen (secondary N) is 1. The highest BCUT2D eigenvalue weighted by Crippen LogP contribution is 2.35. The van der Waals surface area contributed by atoms with Crippen molar-refractivity contribution in [2.45, 2.75) is 38.0 Å². The average Bonchev–Trinajstić information content (AvgIpc) is 2.87. The zero-order valence-electron chi connectivity index (χ0n) is 18.0. The molecule has 1 fully saturated rings. The molecule has 1 heterocycles. The smallest absolute Gasteiger partial charge is 0.265 e. The Balaban J connectivity index is 2.01. The summed E-state index contributed by atoms with van der Waals surface area (Å²) < 4.78 is 59.3. The van der Waals surface area contributed by atoms with Gasteiger partial charge in [0.15, 0.2) is 0 Å². The number of methoxy groups -OCH3 is 1. The van der Waals surface area contributed by atoms with Crippen LogP contribution in [0.5, 0.6) is 5.75 Å². The molecule has 31 heavy (non-hydrogen) atoms. The number of hydrogen-bond acceptors (Lipinski definition) is 6. The largest absolute Gasteiger partial charge is 0.495 e. The van der Waals surface area contributed by atoms with E-state index in [1.165, 1.54) is 26.2 Å². The summed E-state index contributed by atoms with van der Waals surface area (Å²) in [4.78, 5) is 12.1. The Morgan fingerprint density at radius 3 is 2.19 bits per heavy atom. The molecule has 1 unspecified atom stereocenters. The van der Waals surface area contributed by atoms with Gasteiger partial charge in [-0.3, -0.25) is 9.52 Å². The van der Waals surface area contributed by atoms with Crippen LogP contribution < -0.4 is 13.8 Å². The van der Waals surface area contributed by atoms with Crippen molar-refractivity contribution in [1.29, 1.82) is 0 Å². The summed E-state index contributed by atoms with van der Waals surface area (Å²) >= 11 is 0. The molecule has 2 aromatic carbocycles. The van der Waals surface area contributed by atoms with E-state index in [2.05, 4.69) is 25.5 Å². The third-order valence-electron chi connectivity index (χ3n) is 5.03. The lowest BCUT2D eigenvalue weighted by molar-refractivity contribution is -0.119. The molecule has 1 aliphatic heterocycles. The second-order valence-electron chi connectivity index (χ2n) is 8.55. The SMILES string of the molecule is COc1ccc(N2C(=O)C(C)CS2(=O)=O)cc1S(=O)(=O)Nc1ccc(C(C)(C)C)cc1. The Hall–Kier alpha value is -2.59. The summed E-state index contributed by atoms with van der Waals surface area (Å²) in [7, 11) is -6.69. The summed E-state index contributed by atoms with van der Waals surface area (Å²) in [5, 5.41) is 0. The third kappa shape index (κ3) is 4.54. The van der Waals surface area contributed by atoms with Crippen molar-refractivity contribution in [3.8, 4) is 5.75 Å². The number of hydrogen-bond donors (Lipinski definition) is 1. The summed E-state index contributed by atoms with van der Waals surface area (Å²) in [5.41, 5.74) is 1.26. The molecule has 10 heteroatoms. The van der Waals surface area contributed by atoms with Gasteiger partial charge in [-0.1, -0.05) is 39.8 Å². The first-order chi connectivity index (χ1) is 14.3. The molecule has 0 aliphatic carbocycles. The van der Waals surface area contributed by atoms with Gasteiger partial charge >= 0.3 is 0 Å². The van der Waals surface area contributed by atoms with Crippen molar-refractivity contribution in [2.24, 2.45) is 5.92 Å². The number of carbonyl (C=O) groups is 1. The molecule has 1 amide bonds. The van der Waals surface area contributed by atoms with Crippen LogP contribution in [0.15, 0.2) is 47.4 Å². The quantitative estimate of drug-likeness (QED) is 0.725. The Morgan fingerprint density at radius 2 is 1.71 bits per heavy atom. The summed E-state index contributed by atoms with van der Waals surface area (Å²) in [6.07, 6.45) is 0. The number of ether oxygens (including phenoxy) is 1. The second-order valence-corrected chi connectivity index (χ2v) is 12.1. The monoisotopic (exact) mass is 466 g/mol. The van der Waals surface area contributed by atoms with Crippen molar-refractivity contribution >= 4 is 37.3 Å². The molecular formula is C21H26N2O6S2. The summed E-state index contributed by atoms with van der Waals surface area (Å²) in [5.74, 6) is -1.59. The predicted molar refractivity (Wildman–Crippen MR) is 119 cm³/mol. The van der Waals surface area contributed by atoms with Crippen LogP contribution in [-0.4, -0.2) is 35.6 Å². The Labute approximate surface area is 183 Å². The van der Waals surface area contributed by atoms with E-state index >= 15 is 0 Å². The van der Waals surface area contributed by atoms with Crippen LogP contribution in [0.4, 0.5) is 11.4 Å². The van der Waals surface area contributed by atoms with Gasteiger partial charge in [0.1, 0.15) is 10.6 Å². The van der Waals surface area contributed by atoms with Crippen molar-refractivity contribution < 1.29 is 26.4 Å². The highest BCUT2D eigenvalue weighted by molar-refractivity contribution is 7.94. The van der Waals surface area contributed by atoms with E-state index in [4.69, 9.17) is 4.74 Å². The number of sulfonamides is 2. The number of rotatable bonds is 5. The number of carbonyl (C=O) groups excluding carboxylic acids is 1. The van der Waals surface area contributed by atoms with E-state index in [1.807, 2.05) is 12.1 Å². The normalized spacial score (nSPS) is 18.8. The van der Waals surface area contributed by atoms with Crippen LogP contribution >= 0.6 is 0 Å². The van der Waals surface area contributed by atoms with Gasteiger partial charge in [0.2, 0.25) is 15.9 Å². The lowest BCUT2D eigenvalue weighted by atomic mass is 9.87. The maximum absolute atomic E-state index is 13.1. The van der Waals surface area contributed by atoms with Gasteiger partial charge in [0.05, 0.1) is 24.5 Å². The molecule has 1 saturated heterocycles. The van der Waals surface area contributed by atoms with Crippen LogP contribution in [0, 0.1) is 5.92 Å². The van der Waals surface area contributed by atoms with Crippen LogP contribution in [-0.2, 0) is 30.3 Å². The molecule has 0 saturated carbocycles. The van der Waals surface area contributed by atoms with Crippen LogP contribution in [0.1, 0.15) is 33.3 Å². The van der Waals surface area contributed by atoms with E-state index in [0.29, 0.717) is 9.99 Å². The lowest BCUT2D eigenvalue weighted by Crippen LogP contribution is -2.30. The molecule has 0 spiro atoms. The van der Waals surface area contributed by atoms with Crippen LogP contribution in [0.3, 0.4) is 0 Å². The van der Waals surface area contributed by atoms with Crippen molar-refractivity contribution in [1.82, 2.24) is 0 Å². The molecule has 0 bridgehead atoms. The number of anilines is 2. The standard InChI is InChI=1S/C21H26N2O6S2/c1-14-13-30(25,26)23(20(14)24)17-10-11-18(29-5)19(12-17)31(27,28)22-16-8-6-15(7-9-16)21(2,3)4/h6-12,14,22H,13H2,1-5H3. The first-order valence-corrected chi connectivity index (χ1v) is 12.7. The van der Waals surface area contributed by atoms with E-state index < -0.39 is 31.9 Å². The number of amides is 1. The topological polar surface area (TPSA) is 110 Å². The molecular weight excluding hydrogens is 440 g/mol. The van der Waals surface area contributed by atoms with E-state index in [-0.39, 0.29) is 27.5 Å². The van der Waals surface area contributed by atoms with Crippen molar-refractivity contribution in [3.63, 3.8) is 0 Å². The highest BCUT2D eigenvalue weighted by atomic mass is 32.2. The maximum Gasteiger partial charge on any atom is 0.265 e. The predicted octanol–water partition coefficient (Wildman–Crippen LogP) is 3.11. The molecule has 1 N–H and O–H groups in total. The molecule has 0 radical (unpaired) electrons. The van der Waals surface area contributed by atoms with Gasteiger partial charge in [-0.15, -0.1) is 0 Å². The summed E-state index contributed by atoms with van der Waals surface area (Å²) in [6, 6.07) is 10.8. The molecule has 1 aliphatic rings. The Morgan fingerprint density at radius 1 is 1.10 bits per heavy atom. The molecule has 0 aromatic heterocycles. The van der Waals surface area contributed by atoms with Gasteiger partial charge in [0.25, 0.3) is 10.0 Å². The minimum absolute atomic E-state index is 0.0275. The maximum atomic E-state index is 13.1. The zero-order chi connectivity index (χ0) is 23.2. The fourth-order valence-corrected chi connectivity index (χ4v) is 6.40. The van der Waals surface area contributed by atoms with Crippen molar-refractivity contribution in [3.05, 3.63) is 48.0 Å². The first-order valence-electron chi connectivity index (χ1n) is 9.64. The van der Waals surface area contributed by atoms with Gasteiger partial charge in [-0.05, 0) is 41.3 Å². The molecule has 2 aromatic rings. The fourth-order valence-electron chi connectivity index (χ4n) is 3.34. The average molecular weight is 467 g/mol.